The molecule has 0 radical (unpaired) electrons. The number of benzene rings is 1. The van der Waals surface area contributed by atoms with Crippen molar-refractivity contribution in [2.75, 3.05) is 6.54 Å². The summed E-state index contributed by atoms with van der Waals surface area (Å²) in [5.74, 6) is -1.34. The van der Waals surface area contributed by atoms with Crippen molar-refractivity contribution in [1.82, 2.24) is 0 Å². The van der Waals surface area contributed by atoms with Gasteiger partial charge in [0.25, 0.3) is 0 Å². The van der Waals surface area contributed by atoms with Crippen molar-refractivity contribution in [1.29, 1.82) is 0 Å². The third-order valence-corrected chi connectivity index (χ3v) is 1.73. The predicted octanol–water partition coefficient (Wildman–Crippen LogP) is 0.592. The van der Waals surface area contributed by atoms with Gasteiger partial charge in [-0.3, -0.25) is 0 Å². The molecule has 4 N–H and O–H groups in total. The molecule has 0 aliphatic heterocycles. The van der Waals surface area contributed by atoms with E-state index in [1.54, 1.807) is 6.07 Å². The Morgan fingerprint density at radius 1 is 1.46 bits per heavy atom. The van der Waals surface area contributed by atoms with Crippen LogP contribution in [0.2, 0.25) is 0 Å². The molecule has 1 rings (SSSR count). The van der Waals surface area contributed by atoms with Crippen molar-refractivity contribution in [2.24, 2.45) is 5.73 Å². The maximum atomic E-state index is 10.5. The first-order valence-electron chi connectivity index (χ1n) is 3.90. The van der Waals surface area contributed by atoms with Crippen molar-refractivity contribution in [3.8, 4) is 5.75 Å². The molecule has 1 aromatic carbocycles. The number of hydrogen-bond acceptors (Lipinski definition) is 3. The molecule has 0 amide bonds. The topological polar surface area (TPSA) is 83.6 Å². The minimum absolute atomic E-state index is 0.0826. The molecule has 0 unspecified atom stereocenters. The summed E-state index contributed by atoms with van der Waals surface area (Å²) in [4.78, 5) is 10.5. The molecule has 0 spiro atoms. The van der Waals surface area contributed by atoms with Crippen LogP contribution in [0, 0.1) is 0 Å². The Bertz CT molecular complexity index is 323. The molecule has 70 valence electrons. The van der Waals surface area contributed by atoms with Gasteiger partial charge in [0.15, 0.2) is 0 Å². The fourth-order valence-corrected chi connectivity index (χ4v) is 1.08. The summed E-state index contributed by atoms with van der Waals surface area (Å²) in [7, 11) is 0. The van der Waals surface area contributed by atoms with E-state index in [4.69, 9.17) is 10.8 Å². The highest BCUT2D eigenvalue weighted by Crippen LogP contribution is 2.18. The zero-order valence-electron chi connectivity index (χ0n) is 7.03. The monoisotopic (exact) mass is 181 g/mol. The standard InChI is InChI=1S/C9H11NO3/c10-4-3-6-1-2-7(9(12)13)8(11)5-6/h1-2,5,11H,3-4,10H2,(H,12,13). The van der Waals surface area contributed by atoms with Gasteiger partial charge >= 0.3 is 5.97 Å². The maximum Gasteiger partial charge on any atom is 0.339 e. The lowest BCUT2D eigenvalue weighted by atomic mass is 10.1. The molecule has 0 aromatic heterocycles. The van der Waals surface area contributed by atoms with Crippen LogP contribution in [0.1, 0.15) is 15.9 Å². The largest absolute Gasteiger partial charge is 0.507 e. The van der Waals surface area contributed by atoms with Gasteiger partial charge in [-0.1, -0.05) is 6.07 Å². The molecule has 13 heavy (non-hydrogen) atoms. The zero-order chi connectivity index (χ0) is 9.84. The van der Waals surface area contributed by atoms with E-state index in [0.29, 0.717) is 13.0 Å². The number of nitrogens with two attached hydrogens (primary N) is 1. The van der Waals surface area contributed by atoms with Gasteiger partial charge in [-0.25, -0.2) is 4.79 Å². The molecule has 0 fully saturated rings. The van der Waals surface area contributed by atoms with Crippen LogP contribution in [0.25, 0.3) is 0 Å². The van der Waals surface area contributed by atoms with Crippen molar-refractivity contribution < 1.29 is 15.0 Å². The summed E-state index contributed by atoms with van der Waals surface area (Å²) in [6, 6.07) is 4.45. The van der Waals surface area contributed by atoms with E-state index in [1.807, 2.05) is 0 Å². The van der Waals surface area contributed by atoms with E-state index >= 15 is 0 Å². The van der Waals surface area contributed by atoms with Gasteiger partial charge in [-0.05, 0) is 30.7 Å². The van der Waals surface area contributed by atoms with Gasteiger partial charge in [0.2, 0.25) is 0 Å². The average molecular weight is 181 g/mol. The molecule has 0 aliphatic carbocycles. The van der Waals surface area contributed by atoms with Crippen LogP contribution >= 0.6 is 0 Å². The third kappa shape index (κ3) is 2.19. The third-order valence-electron chi connectivity index (χ3n) is 1.73. The van der Waals surface area contributed by atoms with Gasteiger partial charge < -0.3 is 15.9 Å². The molecule has 0 atom stereocenters. The van der Waals surface area contributed by atoms with E-state index in [1.165, 1.54) is 12.1 Å². The molecule has 1 aromatic rings. The molecule has 0 aliphatic rings. The lowest BCUT2D eigenvalue weighted by molar-refractivity contribution is 0.0694. The minimum atomic E-state index is -1.13. The number of carboxylic acid groups (broad SMARTS) is 1. The molecule has 0 heterocycles. The number of hydrogen-bond donors (Lipinski definition) is 3. The summed E-state index contributed by atoms with van der Waals surface area (Å²) >= 11 is 0. The quantitative estimate of drug-likeness (QED) is 0.637. The predicted molar refractivity (Wildman–Crippen MR) is 47.8 cm³/mol. The summed E-state index contributed by atoms with van der Waals surface area (Å²) in [5, 5.41) is 17.9. The number of aromatic carboxylic acids is 1. The first-order chi connectivity index (χ1) is 6.15. The second kappa shape index (κ2) is 3.91. The Hall–Kier alpha value is -1.55. The van der Waals surface area contributed by atoms with Crippen molar-refractivity contribution in [3.05, 3.63) is 29.3 Å². The van der Waals surface area contributed by atoms with Crippen LogP contribution in [-0.2, 0) is 6.42 Å². The fraction of sp³-hybridized carbons (Fsp3) is 0.222. The second-order valence-electron chi connectivity index (χ2n) is 2.70. The number of carbonyl (C=O) groups is 1. The molecule has 0 saturated heterocycles. The smallest absolute Gasteiger partial charge is 0.339 e. The SMILES string of the molecule is NCCc1ccc(C(=O)O)c(O)c1. The van der Waals surface area contributed by atoms with E-state index in [9.17, 15) is 9.90 Å². The summed E-state index contributed by atoms with van der Waals surface area (Å²) < 4.78 is 0. The van der Waals surface area contributed by atoms with Crippen LogP contribution < -0.4 is 5.73 Å². The molecule has 4 heteroatoms. The highest BCUT2D eigenvalue weighted by Gasteiger charge is 2.08. The highest BCUT2D eigenvalue weighted by molar-refractivity contribution is 5.90. The van der Waals surface area contributed by atoms with E-state index < -0.39 is 5.97 Å². The molecule has 4 nitrogen and oxygen atoms in total. The van der Waals surface area contributed by atoms with Gasteiger partial charge in [0.05, 0.1) is 0 Å². The number of aromatic hydroxyl groups is 1. The Morgan fingerprint density at radius 2 is 2.15 bits per heavy atom. The fourth-order valence-electron chi connectivity index (χ4n) is 1.08. The van der Waals surface area contributed by atoms with Gasteiger partial charge in [0.1, 0.15) is 11.3 Å². The average Bonchev–Trinajstić information content (AvgIpc) is 2.04. The first-order valence-corrected chi connectivity index (χ1v) is 3.90. The van der Waals surface area contributed by atoms with Crippen molar-refractivity contribution in [2.45, 2.75) is 6.42 Å². The molecule has 0 bridgehead atoms. The van der Waals surface area contributed by atoms with Gasteiger partial charge in [-0.15, -0.1) is 0 Å². The number of rotatable bonds is 3. The van der Waals surface area contributed by atoms with Crippen molar-refractivity contribution in [3.63, 3.8) is 0 Å². The summed E-state index contributed by atoms with van der Waals surface area (Å²) in [6.45, 7) is 0.478. The van der Waals surface area contributed by atoms with Gasteiger partial charge in [0, 0.05) is 0 Å². The zero-order valence-corrected chi connectivity index (χ0v) is 7.03. The van der Waals surface area contributed by atoms with Crippen LogP contribution in [0.15, 0.2) is 18.2 Å². The minimum Gasteiger partial charge on any atom is -0.507 e. The Kier molecular flexibility index (Phi) is 2.87. The van der Waals surface area contributed by atoms with Gasteiger partial charge in [-0.2, -0.15) is 0 Å². The van der Waals surface area contributed by atoms with Crippen LogP contribution in [0.5, 0.6) is 5.75 Å². The second-order valence-corrected chi connectivity index (χ2v) is 2.70. The van der Waals surface area contributed by atoms with E-state index in [0.717, 1.165) is 5.56 Å². The molecular weight excluding hydrogens is 170 g/mol. The first kappa shape index (κ1) is 9.54. The molecule has 0 saturated carbocycles. The summed E-state index contributed by atoms with van der Waals surface area (Å²) in [5.41, 5.74) is 6.07. The Balaban J connectivity index is 2.98. The number of phenols is 1. The van der Waals surface area contributed by atoms with Crippen molar-refractivity contribution >= 4 is 5.97 Å². The lowest BCUT2D eigenvalue weighted by Gasteiger charge is -2.02. The van der Waals surface area contributed by atoms with Crippen LogP contribution in [0.3, 0.4) is 0 Å². The Labute approximate surface area is 75.6 Å². The lowest BCUT2D eigenvalue weighted by Crippen LogP contribution is -2.03. The van der Waals surface area contributed by atoms with Crippen LogP contribution in [-0.4, -0.2) is 22.7 Å². The molecular formula is C9H11NO3. The van der Waals surface area contributed by atoms with E-state index in [-0.39, 0.29) is 11.3 Å². The highest BCUT2D eigenvalue weighted by atomic mass is 16.4. The maximum absolute atomic E-state index is 10.5. The van der Waals surface area contributed by atoms with Crippen LogP contribution in [0.4, 0.5) is 0 Å². The Morgan fingerprint density at radius 3 is 2.62 bits per heavy atom. The van der Waals surface area contributed by atoms with E-state index in [2.05, 4.69) is 0 Å². The normalized spacial score (nSPS) is 9.92. The number of carboxylic acids is 1. The summed E-state index contributed by atoms with van der Waals surface area (Å²) in [6.07, 6.45) is 0.632.